The van der Waals surface area contributed by atoms with Crippen LogP contribution in [0.5, 0.6) is 5.75 Å². The number of benzene rings is 2. The number of nitrogens with one attached hydrogen (secondary N) is 1. The molecule has 2 aromatic rings. The summed E-state index contributed by atoms with van der Waals surface area (Å²) in [7, 11) is 0. The van der Waals surface area contributed by atoms with Crippen LogP contribution in [0.4, 0.5) is 0 Å². The molecule has 0 spiro atoms. The van der Waals surface area contributed by atoms with E-state index in [-0.39, 0.29) is 30.3 Å². The molecule has 136 valence electrons. The maximum atomic E-state index is 12.3. The molecule has 0 radical (unpaired) electrons. The summed E-state index contributed by atoms with van der Waals surface area (Å²) < 4.78 is 5.69. The molecule has 3 rings (SSSR count). The molecule has 2 atom stereocenters. The lowest BCUT2D eigenvalue weighted by Gasteiger charge is -2.16. The van der Waals surface area contributed by atoms with Crippen molar-refractivity contribution in [2.45, 2.75) is 39.2 Å². The van der Waals surface area contributed by atoms with Gasteiger partial charge in [0.1, 0.15) is 5.75 Å². The minimum absolute atomic E-state index is 0.0823. The smallest absolute Gasteiger partial charge is 0.258 e. The van der Waals surface area contributed by atoms with E-state index in [1.54, 1.807) is 12.1 Å². The first-order valence-electron chi connectivity index (χ1n) is 8.71. The van der Waals surface area contributed by atoms with Crippen molar-refractivity contribution in [2.24, 2.45) is 0 Å². The summed E-state index contributed by atoms with van der Waals surface area (Å²) in [5, 5.41) is 3.51. The Balaban J connectivity index is 1.67. The predicted octanol–water partition coefficient (Wildman–Crippen LogP) is 4.59. The van der Waals surface area contributed by atoms with E-state index in [1.807, 2.05) is 45.0 Å². The van der Waals surface area contributed by atoms with E-state index in [2.05, 4.69) is 5.32 Å². The number of carbonyl (C=O) groups is 2. The van der Waals surface area contributed by atoms with Gasteiger partial charge in [0.05, 0.1) is 11.6 Å². The topological polar surface area (TPSA) is 55.4 Å². The summed E-state index contributed by atoms with van der Waals surface area (Å²) in [5.74, 6) is 0.521. The van der Waals surface area contributed by atoms with Gasteiger partial charge < -0.3 is 10.1 Å². The number of aryl methyl sites for hydroxylation is 1. The number of Topliss-reactive ketones (excluding diaryl/α,β-unsaturated/α-hetero) is 1. The van der Waals surface area contributed by atoms with Crippen molar-refractivity contribution in [1.82, 2.24) is 5.32 Å². The third-order valence-corrected chi connectivity index (χ3v) is 5.01. The summed E-state index contributed by atoms with van der Waals surface area (Å²) in [6.45, 7) is 5.79. The lowest BCUT2D eigenvalue weighted by atomic mass is 9.97. The highest BCUT2D eigenvalue weighted by molar-refractivity contribution is 6.30. The largest absolute Gasteiger partial charge is 0.483 e. The van der Waals surface area contributed by atoms with Crippen LogP contribution in [-0.4, -0.2) is 18.3 Å². The molecule has 0 fully saturated rings. The Morgan fingerprint density at radius 3 is 2.85 bits per heavy atom. The Morgan fingerprint density at radius 2 is 2.12 bits per heavy atom. The average Bonchev–Trinajstić information content (AvgIpc) is 2.90. The van der Waals surface area contributed by atoms with E-state index < -0.39 is 0 Å². The minimum Gasteiger partial charge on any atom is -0.483 e. The van der Waals surface area contributed by atoms with E-state index in [4.69, 9.17) is 16.3 Å². The molecule has 26 heavy (non-hydrogen) atoms. The number of hydrogen-bond acceptors (Lipinski definition) is 3. The van der Waals surface area contributed by atoms with Crippen LogP contribution in [0.3, 0.4) is 0 Å². The van der Waals surface area contributed by atoms with E-state index in [0.29, 0.717) is 22.8 Å². The molecule has 1 aliphatic carbocycles. The molecular formula is C21H22ClNO3. The van der Waals surface area contributed by atoms with Gasteiger partial charge >= 0.3 is 0 Å². The van der Waals surface area contributed by atoms with Crippen molar-refractivity contribution in [2.75, 3.05) is 6.61 Å². The number of halogens is 1. The van der Waals surface area contributed by atoms with Crippen molar-refractivity contribution >= 4 is 23.3 Å². The summed E-state index contributed by atoms with van der Waals surface area (Å²) in [5.41, 5.74) is 3.68. The number of ketones is 1. The van der Waals surface area contributed by atoms with Crippen LogP contribution in [0.25, 0.3) is 0 Å². The summed E-state index contributed by atoms with van der Waals surface area (Å²) in [4.78, 5) is 24.5. The number of fused-ring (bicyclic) bond motifs is 1. The van der Waals surface area contributed by atoms with E-state index in [1.165, 1.54) is 0 Å². The third kappa shape index (κ3) is 3.75. The lowest BCUT2D eigenvalue weighted by molar-refractivity contribution is -0.123. The van der Waals surface area contributed by atoms with Gasteiger partial charge in [-0.15, -0.1) is 0 Å². The fourth-order valence-electron chi connectivity index (χ4n) is 3.51. The van der Waals surface area contributed by atoms with Crippen molar-refractivity contribution in [3.63, 3.8) is 0 Å². The molecule has 0 bridgehead atoms. The van der Waals surface area contributed by atoms with Gasteiger partial charge in [-0.1, -0.05) is 36.7 Å². The van der Waals surface area contributed by atoms with Crippen molar-refractivity contribution in [1.29, 1.82) is 0 Å². The standard InChI is InChI=1S/C21H22ClNO3/c1-12-7-8-18(21-17(24)9-13(2)20(12)21)26-11-19(25)23-14(3)15-5-4-6-16(22)10-15/h4-8,10,13-14H,9,11H2,1-3H3,(H,23,25). The minimum atomic E-state index is -0.245. The van der Waals surface area contributed by atoms with Gasteiger partial charge in [0.2, 0.25) is 0 Å². The zero-order valence-corrected chi connectivity index (χ0v) is 15.9. The molecule has 5 heteroatoms. The Bertz CT molecular complexity index is 862. The van der Waals surface area contributed by atoms with Gasteiger partial charge in [-0.25, -0.2) is 0 Å². The van der Waals surface area contributed by atoms with Crippen LogP contribution in [0, 0.1) is 6.92 Å². The number of ether oxygens (including phenoxy) is 1. The van der Waals surface area contributed by atoms with Gasteiger partial charge in [-0.2, -0.15) is 0 Å². The highest BCUT2D eigenvalue weighted by atomic mass is 35.5. The van der Waals surface area contributed by atoms with E-state index >= 15 is 0 Å². The second-order valence-electron chi connectivity index (χ2n) is 6.83. The maximum Gasteiger partial charge on any atom is 0.258 e. The summed E-state index contributed by atoms with van der Waals surface area (Å²) in [6.07, 6.45) is 0.495. The summed E-state index contributed by atoms with van der Waals surface area (Å²) in [6, 6.07) is 10.9. The maximum absolute atomic E-state index is 12.3. The first-order valence-corrected chi connectivity index (χ1v) is 9.09. The van der Waals surface area contributed by atoms with Crippen LogP contribution in [0.2, 0.25) is 5.02 Å². The quantitative estimate of drug-likeness (QED) is 0.836. The lowest BCUT2D eigenvalue weighted by Crippen LogP contribution is -2.31. The fraction of sp³-hybridized carbons (Fsp3) is 0.333. The van der Waals surface area contributed by atoms with Crippen molar-refractivity contribution < 1.29 is 14.3 Å². The third-order valence-electron chi connectivity index (χ3n) is 4.77. The number of rotatable bonds is 5. The molecule has 0 heterocycles. The average molecular weight is 372 g/mol. The molecule has 0 saturated carbocycles. The van der Waals surface area contributed by atoms with Gasteiger partial charge in [-0.3, -0.25) is 9.59 Å². The van der Waals surface area contributed by atoms with Crippen LogP contribution >= 0.6 is 11.6 Å². The molecule has 0 saturated heterocycles. The predicted molar refractivity (Wildman–Crippen MR) is 102 cm³/mol. The van der Waals surface area contributed by atoms with Gasteiger partial charge in [0.15, 0.2) is 12.4 Å². The molecule has 1 aliphatic rings. The molecule has 2 aromatic carbocycles. The highest BCUT2D eigenvalue weighted by Gasteiger charge is 2.31. The first-order chi connectivity index (χ1) is 12.4. The van der Waals surface area contributed by atoms with Gasteiger partial charge in [0, 0.05) is 11.4 Å². The highest BCUT2D eigenvalue weighted by Crippen LogP contribution is 2.40. The zero-order chi connectivity index (χ0) is 18.8. The normalized spacial score (nSPS) is 16.9. The molecule has 4 nitrogen and oxygen atoms in total. The SMILES string of the molecule is Cc1ccc(OCC(=O)NC(C)c2cccc(Cl)c2)c2c1C(C)CC2=O. The van der Waals surface area contributed by atoms with Gasteiger partial charge in [0.25, 0.3) is 5.91 Å². The second kappa shape index (κ2) is 7.50. The van der Waals surface area contributed by atoms with Gasteiger partial charge in [-0.05, 0) is 54.7 Å². The van der Waals surface area contributed by atoms with Crippen LogP contribution in [0.15, 0.2) is 36.4 Å². The van der Waals surface area contributed by atoms with Crippen LogP contribution in [-0.2, 0) is 4.79 Å². The van der Waals surface area contributed by atoms with E-state index in [9.17, 15) is 9.59 Å². The first kappa shape index (κ1) is 18.5. The van der Waals surface area contributed by atoms with Crippen LogP contribution < -0.4 is 10.1 Å². The van der Waals surface area contributed by atoms with Crippen LogP contribution in [0.1, 0.15) is 59.3 Å². The molecular weight excluding hydrogens is 350 g/mol. The molecule has 2 unspecified atom stereocenters. The number of amides is 1. The van der Waals surface area contributed by atoms with E-state index in [0.717, 1.165) is 16.7 Å². The molecule has 1 N–H and O–H groups in total. The fourth-order valence-corrected chi connectivity index (χ4v) is 3.71. The molecule has 0 aliphatic heterocycles. The van der Waals surface area contributed by atoms with Crippen molar-refractivity contribution in [3.05, 3.63) is 63.7 Å². The Labute approximate surface area is 158 Å². The Kier molecular flexibility index (Phi) is 5.33. The number of hydrogen-bond donors (Lipinski definition) is 1. The summed E-state index contributed by atoms with van der Waals surface area (Å²) >= 11 is 5.99. The Morgan fingerprint density at radius 1 is 1.35 bits per heavy atom. The second-order valence-corrected chi connectivity index (χ2v) is 7.27. The number of carbonyl (C=O) groups excluding carboxylic acids is 2. The zero-order valence-electron chi connectivity index (χ0n) is 15.1. The van der Waals surface area contributed by atoms with Crippen molar-refractivity contribution in [3.8, 4) is 5.75 Å². The molecule has 0 aromatic heterocycles. The monoisotopic (exact) mass is 371 g/mol. The Hall–Kier alpha value is -2.33. The molecule has 1 amide bonds.